The first-order valence-corrected chi connectivity index (χ1v) is 8.53. The zero-order valence-corrected chi connectivity index (χ0v) is 14.3. The number of anilines is 1. The SMILES string of the molecule is Cn1nccc1C(=O)N(c1cccc(Br)c1)C1CCCCC1. The Bertz CT molecular complexity index is 661. The first kappa shape index (κ1) is 15.3. The van der Waals surface area contributed by atoms with Crippen LogP contribution in [0.1, 0.15) is 42.6 Å². The van der Waals surface area contributed by atoms with Crippen molar-refractivity contribution in [2.75, 3.05) is 4.90 Å². The van der Waals surface area contributed by atoms with Crippen LogP contribution < -0.4 is 4.90 Å². The lowest BCUT2D eigenvalue weighted by atomic mass is 9.93. The normalized spacial score (nSPS) is 15.7. The van der Waals surface area contributed by atoms with Gasteiger partial charge in [0.15, 0.2) is 0 Å². The molecule has 1 amide bonds. The van der Waals surface area contributed by atoms with Gasteiger partial charge in [-0.3, -0.25) is 9.48 Å². The van der Waals surface area contributed by atoms with Crippen molar-refractivity contribution in [2.45, 2.75) is 38.1 Å². The summed E-state index contributed by atoms with van der Waals surface area (Å²) in [7, 11) is 1.81. The van der Waals surface area contributed by atoms with E-state index in [0.29, 0.717) is 5.69 Å². The van der Waals surface area contributed by atoms with Gasteiger partial charge in [-0.25, -0.2) is 0 Å². The molecule has 1 heterocycles. The number of hydrogen-bond acceptors (Lipinski definition) is 2. The molecule has 3 rings (SSSR count). The molecule has 0 atom stereocenters. The number of hydrogen-bond donors (Lipinski definition) is 0. The van der Waals surface area contributed by atoms with Gasteiger partial charge in [-0.2, -0.15) is 5.10 Å². The number of nitrogens with zero attached hydrogens (tertiary/aromatic N) is 3. The summed E-state index contributed by atoms with van der Waals surface area (Å²) >= 11 is 3.51. The van der Waals surface area contributed by atoms with Crippen LogP contribution in [0, 0.1) is 0 Å². The maximum Gasteiger partial charge on any atom is 0.276 e. The van der Waals surface area contributed by atoms with Crippen LogP contribution in [-0.2, 0) is 7.05 Å². The predicted octanol–water partition coefficient (Wildman–Crippen LogP) is 4.16. The second-order valence-corrected chi connectivity index (χ2v) is 6.70. The zero-order chi connectivity index (χ0) is 15.5. The minimum atomic E-state index is 0.0324. The lowest BCUT2D eigenvalue weighted by molar-refractivity contribution is 0.0961. The molecular formula is C17H20BrN3O. The first-order valence-electron chi connectivity index (χ1n) is 7.74. The Morgan fingerprint density at radius 2 is 2.05 bits per heavy atom. The zero-order valence-electron chi connectivity index (χ0n) is 12.7. The molecule has 0 N–H and O–H groups in total. The number of carbonyl (C=O) groups is 1. The number of halogens is 1. The van der Waals surface area contributed by atoms with Crippen molar-refractivity contribution in [2.24, 2.45) is 7.05 Å². The van der Waals surface area contributed by atoms with E-state index in [-0.39, 0.29) is 11.9 Å². The van der Waals surface area contributed by atoms with Crippen molar-refractivity contribution in [3.8, 4) is 0 Å². The highest BCUT2D eigenvalue weighted by Gasteiger charge is 2.29. The maximum atomic E-state index is 13.1. The molecule has 0 aliphatic heterocycles. The summed E-state index contributed by atoms with van der Waals surface area (Å²) in [4.78, 5) is 15.0. The standard InChI is InChI=1S/C17H20BrN3O/c1-20-16(10-11-19-20)17(22)21(14-7-3-2-4-8-14)15-9-5-6-13(18)12-15/h5-6,9-12,14H,2-4,7-8H2,1H3. The van der Waals surface area contributed by atoms with Gasteiger partial charge in [0, 0.05) is 29.4 Å². The third kappa shape index (κ3) is 3.09. The van der Waals surface area contributed by atoms with Crippen LogP contribution in [-0.4, -0.2) is 21.7 Å². The summed E-state index contributed by atoms with van der Waals surface area (Å²) in [5.41, 5.74) is 1.58. The summed E-state index contributed by atoms with van der Waals surface area (Å²) in [5.74, 6) is 0.0324. The van der Waals surface area contributed by atoms with Gasteiger partial charge < -0.3 is 4.90 Å². The fraction of sp³-hybridized carbons (Fsp3) is 0.412. The maximum absolute atomic E-state index is 13.1. The quantitative estimate of drug-likeness (QED) is 0.822. The van der Waals surface area contributed by atoms with E-state index in [1.54, 1.807) is 16.9 Å². The second kappa shape index (κ2) is 6.65. The van der Waals surface area contributed by atoms with Crippen LogP contribution in [0.3, 0.4) is 0 Å². The fourth-order valence-corrected chi connectivity index (χ4v) is 3.55. The Labute approximate surface area is 139 Å². The molecule has 0 saturated heterocycles. The van der Waals surface area contributed by atoms with Gasteiger partial charge in [0.1, 0.15) is 5.69 Å². The number of rotatable bonds is 3. The number of carbonyl (C=O) groups excluding carboxylic acids is 1. The van der Waals surface area contributed by atoms with Crippen LogP contribution in [0.15, 0.2) is 41.0 Å². The number of amides is 1. The third-order valence-electron chi connectivity index (χ3n) is 4.29. The van der Waals surface area contributed by atoms with E-state index < -0.39 is 0 Å². The average molecular weight is 362 g/mol. The van der Waals surface area contributed by atoms with E-state index in [1.165, 1.54) is 19.3 Å². The smallest absolute Gasteiger partial charge is 0.276 e. The Morgan fingerprint density at radius 1 is 1.27 bits per heavy atom. The lowest BCUT2D eigenvalue weighted by Gasteiger charge is -2.34. The van der Waals surface area contributed by atoms with Crippen LogP contribution in [0.4, 0.5) is 5.69 Å². The number of aromatic nitrogens is 2. The Balaban J connectivity index is 1.99. The van der Waals surface area contributed by atoms with Crippen LogP contribution in [0.5, 0.6) is 0 Å². The summed E-state index contributed by atoms with van der Waals surface area (Å²) in [6.07, 6.45) is 7.45. The molecular weight excluding hydrogens is 342 g/mol. The van der Waals surface area contributed by atoms with E-state index in [1.807, 2.05) is 36.2 Å². The van der Waals surface area contributed by atoms with Gasteiger partial charge >= 0.3 is 0 Å². The molecule has 0 unspecified atom stereocenters. The van der Waals surface area contributed by atoms with E-state index in [9.17, 15) is 4.79 Å². The summed E-state index contributed by atoms with van der Waals surface area (Å²) in [6, 6.07) is 10.0. The monoisotopic (exact) mass is 361 g/mol. The minimum Gasteiger partial charge on any atom is -0.304 e. The average Bonchev–Trinajstić information content (AvgIpc) is 2.95. The summed E-state index contributed by atoms with van der Waals surface area (Å²) in [6.45, 7) is 0. The number of benzene rings is 1. The fourth-order valence-electron chi connectivity index (χ4n) is 3.17. The van der Waals surface area contributed by atoms with Crippen LogP contribution in [0.25, 0.3) is 0 Å². The van der Waals surface area contributed by atoms with Gasteiger partial charge in [0.2, 0.25) is 0 Å². The molecule has 1 aliphatic rings. The van der Waals surface area contributed by atoms with E-state index in [2.05, 4.69) is 21.0 Å². The van der Waals surface area contributed by atoms with Crippen LogP contribution >= 0.6 is 15.9 Å². The predicted molar refractivity (Wildman–Crippen MR) is 91.0 cm³/mol. The molecule has 1 fully saturated rings. The van der Waals surface area contributed by atoms with Gasteiger partial charge in [-0.1, -0.05) is 41.3 Å². The van der Waals surface area contributed by atoms with Gasteiger partial charge in [-0.15, -0.1) is 0 Å². The highest BCUT2D eigenvalue weighted by molar-refractivity contribution is 9.10. The molecule has 22 heavy (non-hydrogen) atoms. The Morgan fingerprint density at radius 3 is 2.68 bits per heavy atom. The molecule has 0 bridgehead atoms. The molecule has 4 nitrogen and oxygen atoms in total. The molecule has 0 radical (unpaired) electrons. The molecule has 1 aromatic carbocycles. The van der Waals surface area contributed by atoms with E-state index in [4.69, 9.17) is 0 Å². The topological polar surface area (TPSA) is 38.1 Å². The van der Waals surface area contributed by atoms with Gasteiger partial charge in [0.05, 0.1) is 0 Å². The molecule has 5 heteroatoms. The summed E-state index contributed by atoms with van der Waals surface area (Å²) in [5, 5.41) is 4.14. The third-order valence-corrected chi connectivity index (χ3v) is 4.78. The lowest BCUT2D eigenvalue weighted by Crippen LogP contribution is -2.42. The molecule has 1 aromatic heterocycles. The molecule has 1 saturated carbocycles. The minimum absolute atomic E-state index is 0.0324. The van der Waals surface area contributed by atoms with Crippen molar-refractivity contribution in [3.05, 3.63) is 46.7 Å². The number of aryl methyl sites for hydroxylation is 1. The van der Waals surface area contributed by atoms with Crippen molar-refractivity contribution >= 4 is 27.5 Å². The van der Waals surface area contributed by atoms with Gasteiger partial charge in [0.25, 0.3) is 5.91 Å². The van der Waals surface area contributed by atoms with Gasteiger partial charge in [-0.05, 0) is 37.1 Å². The Kier molecular flexibility index (Phi) is 4.62. The molecule has 116 valence electrons. The molecule has 0 spiro atoms. The van der Waals surface area contributed by atoms with Crippen molar-refractivity contribution < 1.29 is 4.79 Å². The summed E-state index contributed by atoms with van der Waals surface area (Å²) < 4.78 is 2.64. The first-order chi connectivity index (χ1) is 10.7. The van der Waals surface area contributed by atoms with E-state index >= 15 is 0 Å². The molecule has 2 aromatic rings. The van der Waals surface area contributed by atoms with Crippen LogP contribution in [0.2, 0.25) is 0 Å². The van der Waals surface area contributed by atoms with Crippen molar-refractivity contribution in [3.63, 3.8) is 0 Å². The van der Waals surface area contributed by atoms with Crippen molar-refractivity contribution in [1.29, 1.82) is 0 Å². The Hall–Kier alpha value is -1.62. The largest absolute Gasteiger partial charge is 0.304 e. The van der Waals surface area contributed by atoms with Crippen molar-refractivity contribution in [1.82, 2.24) is 9.78 Å². The highest BCUT2D eigenvalue weighted by Crippen LogP contribution is 2.30. The molecule has 1 aliphatic carbocycles. The highest BCUT2D eigenvalue weighted by atomic mass is 79.9. The second-order valence-electron chi connectivity index (χ2n) is 5.79. The van der Waals surface area contributed by atoms with E-state index in [0.717, 1.165) is 23.0 Å².